The van der Waals surface area contributed by atoms with E-state index < -0.39 is 23.7 Å². The van der Waals surface area contributed by atoms with Gasteiger partial charge < -0.3 is 30.2 Å². The standard InChI is InChI=1S/C27H36FN3O5.Li/c1-16(2)5-22(24(33)34)30-25(35)36-27-10-17-6-18(11-27)9-26(8-17,15-27)29-12-23(32)31-13-19-3-4-21(28)7-20(19)14-31;/h3-4,7,16-18,22,29H,5-6,8-15H2,1-2H3,(H,30,35)(H,33,34);/q;+1/p-1/t17?,18?,22-,26?,27?;/m1./s1. The molecule has 4 bridgehead atoms. The number of carboxylic acids is 1. The molecule has 3 atom stereocenters. The smallest absolute Gasteiger partial charge is 0.548 e. The van der Waals surface area contributed by atoms with E-state index in [0.717, 1.165) is 43.2 Å². The molecule has 4 saturated carbocycles. The molecule has 1 aromatic carbocycles. The molecule has 2 N–H and O–H groups in total. The average molecular weight is 508 g/mol. The molecular formula is C27H35FLiN3O5. The number of alkyl carbamates (subject to hydrolysis) is 1. The first-order valence-electron chi connectivity index (χ1n) is 13.0. The van der Waals surface area contributed by atoms with E-state index in [1.165, 1.54) is 12.1 Å². The Morgan fingerprint density at radius 2 is 1.81 bits per heavy atom. The quantitative estimate of drug-likeness (QED) is 0.448. The number of rotatable bonds is 8. The first kappa shape index (κ1) is 27.9. The Morgan fingerprint density at radius 3 is 2.46 bits per heavy atom. The summed E-state index contributed by atoms with van der Waals surface area (Å²) in [7, 11) is 0. The number of benzene rings is 1. The first-order valence-corrected chi connectivity index (χ1v) is 13.0. The number of carboxylic acid groups (broad SMARTS) is 1. The van der Waals surface area contributed by atoms with Gasteiger partial charge in [0.25, 0.3) is 0 Å². The summed E-state index contributed by atoms with van der Waals surface area (Å²) in [5.41, 5.74) is 0.888. The van der Waals surface area contributed by atoms with Crippen molar-refractivity contribution in [1.29, 1.82) is 0 Å². The molecule has 2 amide bonds. The molecule has 6 rings (SSSR count). The van der Waals surface area contributed by atoms with Crippen molar-refractivity contribution in [2.45, 2.75) is 89.1 Å². The zero-order chi connectivity index (χ0) is 25.7. The van der Waals surface area contributed by atoms with Gasteiger partial charge in [-0.1, -0.05) is 19.9 Å². The molecule has 2 unspecified atom stereocenters. The third-order valence-corrected chi connectivity index (χ3v) is 8.46. The molecule has 1 aromatic rings. The summed E-state index contributed by atoms with van der Waals surface area (Å²) in [4.78, 5) is 39.0. The van der Waals surface area contributed by atoms with E-state index in [1.54, 1.807) is 11.0 Å². The molecule has 4 aliphatic carbocycles. The van der Waals surface area contributed by atoms with E-state index >= 15 is 0 Å². The fourth-order valence-corrected chi connectivity index (χ4v) is 7.47. The normalized spacial score (nSPS) is 30.0. The van der Waals surface area contributed by atoms with Crippen LogP contribution in [0.3, 0.4) is 0 Å². The van der Waals surface area contributed by atoms with Crippen molar-refractivity contribution >= 4 is 18.0 Å². The third-order valence-electron chi connectivity index (χ3n) is 8.46. The van der Waals surface area contributed by atoms with Crippen LogP contribution in [-0.4, -0.2) is 46.6 Å². The van der Waals surface area contributed by atoms with Crippen molar-refractivity contribution < 1.29 is 47.5 Å². The molecule has 10 heteroatoms. The van der Waals surface area contributed by atoms with E-state index in [1.807, 2.05) is 13.8 Å². The minimum atomic E-state index is -1.31. The van der Waals surface area contributed by atoms with E-state index in [-0.39, 0.29) is 55.0 Å². The topological polar surface area (TPSA) is 111 Å². The van der Waals surface area contributed by atoms with Gasteiger partial charge in [0.15, 0.2) is 0 Å². The average Bonchev–Trinajstić information content (AvgIpc) is 3.18. The van der Waals surface area contributed by atoms with Crippen LogP contribution in [0.15, 0.2) is 18.2 Å². The van der Waals surface area contributed by atoms with Gasteiger partial charge in [0.1, 0.15) is 11.4 Å². The fraction of sp³-hybridized carbons (Fsp3) is 0.667. The summed E-state index contributed by atoms with van der Waals surface area (Å²) in [5, 5.41) is 17.5. The van der Waals surface area contributed by atoms with Crippen LogP contribution >= 0.6 is 0 Å². The van der Waals surface area contributed by atoms with E-state index in [4.69, 9.17) is 4.74 Å². The van der Waals surface area contributed by atoms with Gasteiger partial charge in [-0.3, -0.25) is 4.79 Å². The van der Waals surface area contributed by atoms with Crippen LogP contribution in [0.1, 0.15) is 69.9 Å². The number of carbonyl (C=O) groups excluding carboxylic acids is 3. The van der Waals surface area contributed by atoms with E-state index in [2.05, 4.69) is 10.6 Å². The zero-order valence-corrected chi connectivity index (χ0v) is 22.0. The minimum Gasteiger partial charge on any atom is -0.548 e. The summed E-state index contributed by atoms with van der Waals surface area (Å²) in [5.74, 6) is -0.754. The molecule has 1 aliphatic heterocycles. The maximum atomic E-state index is 13.6. The molecule has 0 radical (unpaired) electrons. The van der Waals surface area contributed by atoms with Crippen molar-refractivity contribution in [2.75, 3.05) is 6.54 Å². The number of fused-ring (bicyclic) bond motifs is 1. The summed E-state index contributed by atoms with van der Waals surface area (Å²) in [6, 6.07) is 3.57. The minimum absolute atomic E-state index is 0. The summed E-state index contributed by atoms with van der Waals surface area (Å²) < 4.78 is 19.6. The SMILES string of the molecule is CC(C)C[C@@H](NC(=O)OC12CC3CC(CC(NCC(=O)N4Cc5ccc(F)cc5C4)(C3)C1)C2)C(=O)[O-].[Li+]. The zero-order valence-electron chi connectivity index (χ0n) is 22.0. The number of hydrogen-bond donors (Lipinski definition) is 2. The number of carbonyl (C=O) groups is 3. The van der Waals surface area contributed by atoms with Gasteiger partial charge in [0, 0.05) is 25.0 Å². The second-order valence-electron chi connectivity index (χ2n) is 12.0. The molecule has 5 aliphatic rings. The van der Waals surface area contributed by atoms with Gasteiger partial charge in [-0.05, 0) is 79.5 Å². The van der Waals surface area contributed by atoms with Crippen LogP contribution in [0, 0.1) is 23.6 Å². The molecule has 1 heterocycles. The van der Waals surface area contributed by atoms with Gasteiger partial charge >= 0.3 is 25.0 Å². The number of ether oxygens (including phenoxy) is 1. The molecular weight excluding hydrogens is 472 g/mol. The Balaban J connectivity index is 0.00000320. The number of hydrogen-bond acceptors (Lipinski definition) is 6. The molecule has 0 saturated heterocycles. The van der Waals surface area contributed by atoms with Crippen LogP contribution in [0.25, 0.3) is 0 Å². The predicted molar refractivity (Wildman–Crippen MR) is 127 cm³/mol. The molecule has 196 valence electrons. The molecule has 0 aromatic heterocycles. The van der Waals surface area contributed by atoms with E-state index in [0.29, 0.717) is 31.3 Å². The maximum Gasteiger partial charge on any atom is 1.00 e. The van der Waals surface area contributed by atoms with Crippen LogP contribution in [0.5, 0.6) is 0 Å². The first-order chi connectivity index (χ1) is 17.0. The fourth-order valence-electron chi connectivity index (χ4n) is 7.47. The molecule has 37 heavy (non-hydrogen) atoms. The Labute approximate surface area is 229 Å². The summed E-state index contributed by atoms with van der Waals surface area (Å²) >= 11 is 0. The number of nitrogens with one attached hydrogen (secondary N) is 2. The monoisotopic (exact) mass is 507 g/mol. The van der Waals surface area contributed by atoms with Crippen molar-refractivity contribution in [3.05, 3.63) is 35.1 Å². The van der Waals surface area contributed by atoms with Crippen molar-refractivity contribution in [3.63, 3.8) is 0 Å². The Kier molecular flexibility index (Phi) is 7.99. The van der Waals surface area contributed by atoms with Gasteiger partial charge in [-0.2, -0.15) is 0 Å². The van der Waals surface area contributed by atoms with Crippen LogP contribution in [0.4, 0.5) is 9.18 Å². The summed E-state index contributed by atoms with van der Waals surface area (Å²) in [6.45, 7) is 4.85. The van der Waals surface area contributed by atoms with Crippen molar-refractivity contribution in [2.24, 2.45) is 17.8 Å². The second-order valence-corrected chi connectivity index (χ2v) is 12.0. The molecule has 8 nitrogen and oxygen atoms in total. The number of amides is 2. The molecule has 0 spiro atoms. The van der Waals surface area contributed by atoms with Crippen LogP contribution in [0.2, 0.25) is 0 Å². The Bertz CT molecular complexity index is 1050. The number of aliphatic carboxylic acids is 1. The predicted octanol–water partition coefficient (Wildman–Crippen LogP) is -0.756. The second kappa shape index (κ2) is 10.6. The van der Waals surface area contributed by atoms with E-state index in [9.17, 15) is 23.9 Å². The van der Waals surface area contributed by atoms with Gasteiger partial charge in [-0.15, -0.1) is 0 Å². The Morgan fingerprint density at radius 1 is 1.14 bits per heavy atom. The number of nitrogens with zero attached hydrogens (tertiary/aromatic N) is 1. The largest absolute Gasteiger partial charge is 1.00 e. The van der Waals surface area contributed by atoms with Crippen molar-refractivity contribution in [1.82, 2.24) is 15.5 Å². The summed E-state index contributed by atoms with van der Waals surface area (Å²) in [6.07, 6.45) is 4.67. The molecule has 4 fully saturated rings. The number of halogens is 1. The van der Waals surface area contributed by atoms with Crippen molar-refractivity contribution in [3.8, 4) is 0 Å². The third kappa shape index (κ3) is 6.00. The van der Waals surface area contributed by atoms with Crippen LogP contribution < -0.4 is 34.6 Å². The van der Waals surface area contributed by atoms with Gasteiger partial charge in [0.05, 0.1) is 18.6 Å². The Hall–Kier alpha value is -2.08. The van der Waals surface area contributed by atoms with Gasteiger partial charge in [0.2, 0.25) is 5.91 Å². The van der Waals surface area contributed by atoms with Crippen LogP contribution in [-0.2, 0) is 27.4 Å². The van der Waals surface area contributed by atoms with Gasteiger partial charge in [-0.25, -0.2) is 9.18 Å². The maximum absolute atomic E-state index is 13.6.